The molecule has 2 aromatic rings. The number of nitrogens with zero attached hydrogens (tertiary/aromatic N) is 1. The van der Waals surface area contributed by atoms with Crippen LogP contribution in [-0.4, -0.2) is 10.9 Å². The second-order valence-corrected chi connectivity index (χ2v) is 5.35. The molecule has 3 rings (SSSR count). The third-order valence-corrected chi connectivity index (χ3v) is 4.46. The molecule has 2 nitrogen and oxygen atoms in total. The zero-order chi connectivity index (χ0) is 11.8. The highest BCUT2D eigenvalue weighted by molar-refractivity contribution is 7.12. The highest BCUT2D eigenvalue weighted by atomic mass is 35.5. The van der Waals surface area contributed by atoms with E-state index in [4.69, 9.17) is 16.8 Å². The molecule has 1 aliphatic rings. The smallest absolute Gasteiger partial charge is 0.0979 e. The monoisotopic (exact) mass is 263 g/mol. The number of thiophene rings is 1. The molecule has 1 atom stereocenters. The van der Waals surface area contributed by atoms with E-state index in [0.29, 0.717) is 0 Å². The fraction of sp³-hybridized carbons (Fsp3) is 0.154. The van der Waals surface area contributed by atoms with Crippen molar-refractivity contribution in [2.45, 2.75) is 12.3 Å². The lowest BCUT2D eigenvalue weighted by Crippen LogP contribution is -1.98. The number of hydrogen-bond acceptors (Lipinski definition) is 3. The minimum absolute atomic E-state index is 0.218. The third kappa shape index (κ3) is 1.66. The van der Waals surface area contributed by atoms with Crippen molar-refractivity contribution >= 4 is 28.6 Å². The van der Waals surface area contributed by atoms with Gasteiger partial charge >= 0.3 is 0 Å². The molecule has 1 unspecified atom stereocenters. The first-order chi connectivity index (χ1) is 8.31. The Labute approximate surface area is 108 Å². The van der Waals surface area contributed by atoms with Crippen molar-refractivity contribution in [3.63, 3.8) is 0 Å². The van der Waals surface area contributed by atoms with Crippen molar-refractivity contribution in [3.8, 4) is 0 Å². The van der Waals surface area contributed by atoms with Crippen LogP contribution in [0.1, 0.15) is 28.3 Å². The van der Waals surface area contributed by atoms with Gasteiger partial charge in [-0.25, -0.2) is 0 Å². The van der Waals surface area contributed by atoms with Crippen molar-refractivity contribution in [1.82, 2.24) is 0 Å². The molecule has 86 valence electrons. The zero-order valence-electron chi connectivity index (χ0n) is 8.93. The molecule has 0 saturated heterocycles. The van der Waals surface area contributed by atoms with Crippen molar-refractivity contribution in [2.24, 2.45) is 5.16 Å². The van der Waals surface area contributed by atoms with Gasteiger partial charge in [0.2, 0.25) is 0 Å². The Morgan fingerprint density at radius 2 is 2.06 bits per heavy atom. The summed E-state index contributed by atoms with van der Waals surface area (Å²) >= 11 is 7.84. The van der Waals surface area contributed by atoms with Gasteiger partial charge in [0.05, 0.1) is 10.6 Å². The van der Waals surface area contributed by atoms with E-state index in [2.05, 4.69) is 11.2 Å². The molecule has 1 heterocycles. The van der Waals surface area contributed by atoms with Crippen LogP contribution in [0.3, 0.4) is 0 Å². The van der Waals surface area contributed by atoms with E-state index in [1.54, 1.807) is 11.3 Å². The molecule has 0 amide bonds. The van der Waals surface area contributed by atoms with Crippen LogP contribution in [0.25, 0.3) is 0 Å². The van der Waals surface area contributed by atoms with Gasteiger partial charge in [0.1, 0.15) is 0 Å². The fourth-order valence-electron chi connectivity index (χ4n) is 2.35. The Morgan fingerprint density at radius 3 is 2.82 bits per heavy atom. The third-order valence-electron chi connectivity index (χ3n) is 3.13. The molecule has 1 N–H and O–H groups in total. The van der Waals surface area contributed by atoms with Gasteiger partial charge in [0.15, 0.2) is 0 Å². The van der Waals surface area contributed by atoms with Crippen LogP contribution < -0.4 is 0 Å². The quantitative estimate of drug-likeness (QED) is 0.609. The molecule has 0 fully saturated rings. The van der Waals surface area contributed by atoms with Crippen LogP contribution in [0.15, 0.2) is 40.9 Å². The molecule has 17 heavy (non-hydrogen) atoms. The first kappa shape index (κ1) is 10.8. The molecule has 1 aliphatic carbocycles. The molecule has 0 bridgehead atoms. The number of oxime groups is 1. The van der Waals surface area contributed by atoms with E-state index < -0.39 is 0 Å². The van der Waals surface area contributed by atoms with Crippen LogP contribution in [0.4, 0.5) is 0 Å². The van der Waals surface area contributed by atoms with E-state index in [1.165, 1.54) is 5.56 Å². The van der Waals surface area contributed by atoms with Crippen LogP contribution in [0.2, 0.25) is 5.02 Å². The summed E-state index contributed by atoms with van der Waals surface area (Å²) in [6.07, 6.45) is 0.724. The van der Waals surface area contributed by atoms with Crippen LogP contribution in [0, 0.1) is 0 Å². The summed E-state index contributed by atoms with van der Waals surface area (Å²) in [6, 6.07) is 9.94. The predicted molar refractivity (Wildman–Crippen MR) is 70.6 cm³/mol. The summed E-state index contributed by atoms with van der Waals surface area (Å²) in [6.45, 7) is 0. The zero-order valence-corrected chi connectivity index (χ0v) is 10.5. The van der Waals surface area contributed by atoms with Gasteiger partial charge in [0.25, 0.3) is 0 Å². The van der Waals surface area contributed by atoms with Crippen molar-refractivity contribution in [3.05, 3.63) is 56.7 Å². The number of hydrogen-bond donors (Lipinski definition) is 1. The molecule has 0 saturated carbocycles. The number of benzene rings is 1. The van der Waals surface area contributed by atoms with Gasteiger partial charge in [-0.2, -0.15) is 0 Å². The van der Waals surface area contributed by atoms with Crippen molar-refractivity contribution in [1.29, 1.82) is 0 Å². The normalized spacial score (nSPS) is 20.8. The van der Waals surface area contributed by atoms with Crippen LogP contribution in [-0.2, 0) is 0 Å². The Balaban J connectivity index is 2.12. The highest BCUT2D eigenvalue weighted by Gasteiger charge is 2.31. The first-order valence-corrected chi connectivity index (χ1v) is 6.60. The van der Waals surface area contributed by atoms with E-state index in [9.17, 15) is 0 Å². The molecule has 4 heteroatoms. The standard InChI is InChI=1S/C13H10ClNOS/c14-11-4-2-1-3-8(11)10-7-12(15-16)13-9(10)5-6-17-13/h1-6,10,16H,7H2/b15-12-. The maximum Gasteiger partial charge on any atom is 0.0979 e. The predicted octanol–water partition coefficient (Wildman–Crippen LogP) is 4.12. The Bertz CT molecular complexity index is 591. The van der Waals surface area contributed by atoms with Gasteiger partial charge in [-0.05, 0) is 28.6 Å². The van der Waals surface area contributed by atoms with Gasteiger partial charge in [0, 0.05) is 17.4 Å². The summed E-state index contributed by atoms with van der Waals surface area (Å²) in [7, 11) is 0. The number of rotatable bonds is 1. The fourth-order valence-corrected chi connectivity index (χ4v) is 3.57. The van der Waals surface area contributed by atoms with Crippen LogP contribution in [0.5, 0.6) is 0 Å². The summed E-state index contributed by atoms with van der Waals surface area (Å²) in [4.78, 5) is 1.08. The molecular weight excluding hydrogens is 254 g/mol. The first-order valence-electron chi connectivity index (χ1n) is 5.34. The summed E-state index contributed by atoms with van der Waals surface area (Å²) in [5, 5.41) is 15.2. The maximum absolute atomic E-state index is 9.03. The number of halogens is 1. The van der Waals surface area contributed by atoms with Crippen molar-refractivity contribution in [2.75, 3.05) is 0 Å². The Kier molecular flexibility index (Phi) is 2.65. The topological polar surface area (TPSA) is 32.6 Å². The second-order valence-electron chi connectivity index (χ2n) is 4.03. The lowest BCUT2D eigenvalue weighted by molar-refractivity contribution is 0.318. The average molecular weight is 264 g/mol. The minimum atomic E-state index is 0.218. The van der Waals surface area contributed by atoms with Crippen LogP contribution >= 0.6 is 22.9 Å². The Morgan fingerprint density at radius 1 is 1.24 bits per heavy atom. The highest BCUT2D eigenvalue weighted by Crippen LogP contribution is 2.43. The largest absolute Gasteiger partial charge is 0.411 e. The van der Waals surface area contributed by atoms with E-state index in [1.807, 2.05) is 29.6 Å². The molecule has 0 radical (unpaired) electrons. The number of fused-ring (bicyclic) bond motifs is 1. The Hall–Kier alpha value is -1.32. The SMILES string of the molecule is O/N=C1/CC(c2ccccc2Cl)c2ccsc21. The summed E-state index contributed by atoms with van der Waals surface area (Å²) in [5.41, 5.74) is 3.09. The summed E-state index contributed by atoms with van der Waals surface area (Å²) in [5.74, 6) is 0.218. The van der Waals surface area contributed by atoms with E-state index in [0.717, 1.165) is 27.6 Å². The lowest BCUT2D eigenvalue weighted by Gasteiger charge is -2.11. The van der Waals surface area contributed by atoms with E-state index in [-0.39, 0.29) is 5.92 Å². The van der Waals surface area contributed by atoms with E-state index >= 15 is 0 Å². The summed E-state index contributed by atoms with van der Waals surface area (Å²) < 4.78 is 0. The van der Waals surface area contributed by atoms with Gasteiger partial charge < -0.3 is 5.21 Å². The molecular formula is C13H10ClNOS. The van der Waals surface area contributed by atoms with Gasteiger partial charge in [-0.3, -0.25) is 0 Å². The lowest BCUT2D eigenvalue weighted by atomic mass is 9.94. The minimum Gasteiger partial charge on any atom is -0.411 e. The molecule has 0 spiro atoms. The molecule has 0 aliphatic heterocycles. The maximum atomic E-state index is 9.03. The second kappa shape index (κ2) is 4.17. The average Bonchev–Trinajstić information content (AvgIpc) is 2.91. The van der Waals surface area contributed by atoms with Crippen molar-refractivity contribution < 1.29 is 5.21 Å². The van der Waals surface area contributed by atoms with Gasteiger partial charge in [-0.1, -0.05) is 35.0 Å². The van der Waals surface area contributed by atoms with Gasteiger partial charge in [-0.15, -0.1) is 11.3 Å². The molecule has 1 aromatic carbocycles. The molecule has 1 aromatic heterocycles.